The molecule has 1 heterocycles. The number of hydrogen-bond donors (Lipinski definition) is 0. The number of hydrogen-bond acceptors (Lipinski definition) is 6. The van der Waals surface area contributed by atoms with Crippen molar-refractivity contribution in [2.75, 3.05) is 0 Å². The molecular formula is C14H20O6. The molecule has 3 atom stereocenters. The molecule has 0 aliphatic carbocycles. The van der Waals surface area contributed by atoms with Crippen molar-refractivity contribution in [3.05, 3.63) is 0 Å². The number of cyclic esters (lactones) is 2. The number of carbonyl (C=O) groups excluding carboxylic acids is 4. The summed E-state index contributed by atoms with van der Waals surface area (Å²) in [7, 11) is 0. The normalized spacial score (nSPS) is 23.9. The van der Waals surface area contributed by atoms with E-state index in [1.54, 1.807) is 20.8 Å². The molecule has 3 unspecified atom stereocenters. The molecule has 0 aromatic heterocycles. The second-order valence-electron chi connectivity index (χ2n) is 5.06. The van der Waals surface area contributed by atoms with Gasteiger partial charge < -0.3 is 9.47 Å². The second-order valence-corrected chi connectivity index (χ2v) is 5.06. The Balaban J connectivity index is 2.63. The van der Waals surface area contributed by atoms with E-state index in [4.69, 9.17) is 0 Å². The lowest BCUT2D eigenvalue weighted by Gasteiger charge is -2.26. The van der Waals surface area contributed by atoms with Gasteiger partial charge in [-0.15, -0.1) is 0 Å². The first-order valence-electron chi connectivity index (χ1n) is 6.89. The Kier molecular flexibility index (Phi) is 5.85. The molecule has 0 aromatic carbocycles. The van der Waals surface area contributed by atoms with Crippen molar-refractivity contribution in [3.8, 4) is 0 Å². The standard InChI is InChI=1S/C14H20O6/c1-4-9(13(17)19-11(15)5-2)7-10-6-8(3)12(16)20-14(10)18/h8-10H,4-7H2,1-3H3. The van der Waals surface area contributed by atoms with Crippen LogP contribution in [0.3, 0.4) is 0 Å². The van der Waals surface area contributed by atoms with Gasteiger partial charge in [-0.25, -0.2) is 0 Å². The highest BCUT2D eigenvalue weighted by molar-refractivity contribution is 5.91. The molecule has 1 fully saturated rings. The Morgan fingerprint density at radius 2 is 1.95 bits per heavy atom. The monoisotopic (exact) mass is 284 g/mol. The molecular weight excluding hydrogens is 264 g/mol. The summed E-state index contributed by atoms with van der Waals surface area (Å²) in [6.07, 6.45) is 1.19. The van der Waals surface area contributed by atoms with E-state index in [0.717, 1.165) is 0 Å². The zero-order chi connectivity index (χ0) is 15.3. The average molecular weight is 284 g/mol. The Bertz CT molecular complexity index is 414. The molecule has 20 heavy (non-hydrogen) atoms. The summed E-state index contributed by atoms with van der Waals surface area (Å²) in [4.78, 5) is 45.8. The van der Waals surface area contributed by atoms with Gasteiger partial charge in [0.05, 0.1) is 17.8 Å². The average Bonchev–Trinajstić information content (AvgIpc) is 2.40. The van der Waals surface area contributed by atoms with Gasteiger partial charge in [0.1, 0.15) is 0 Å². The van der Waals surface area contributed by atoms with E-state index in [1.807, 2.05) is 0 Å². The van der Waals surface area contributed by atoms with E-state index in [-0.39, 0.29) is 18.8 Å². The first kappa shape index (κ1) is 16.3. The van der Waals surface area contributed by atoms with Crippen molar-refractivity contribution >= 4 is 23.9 Å². The number of esters is 4. The van der Waals surface area contributed by atoms with Gasteiger partial charge in [-0.05, 0) is 19.3 Å². The third-order valence-electron chi connectivity index (χ3n) is 3.47. The van der Waals surface area contributed by atoms with Crippen LogP contribution in [0.4, 0.5) is 0 Å². The first-order valence-corrected chi connectivity index (χ1v) is 6.89. The predicted octanol–water partition coefficient (Wildman–Crippen LogP) is 1.61. The molecule has 1 aliphatic rings. The smallest absolute Gasteiger partial charge is 0.316 e. The molecule has 0 spiro atoms. The van der Waals surface area contributed by atoms with Crippen LogP contribution < -0.4 is 0 Å². The fourth-order valence-electron chi connectivity index (χ4n) is 2.14. The maximum absolute atomic E-state index is 11.8. The Morgan fingerprint density at radius 1 is 1.30 bits per heavy atom. The number of rotatable bonds is 5. The van der Waals surface area contributed by atoms with Crippen molar-refractivity contribution in [1.29, 1.82) is 0 Å². The van der Waals surface area contributed by atoms with E-state index in [9.17, 15) is 19.2 Å². The molecule has 0 saturated carbocycles. The minimum Gasteiger partial charge on any atom is -0.393 e. The summed E-state index contributed by atoms with van der Waals surface area (Å²) in [5.74, 6) is -3.71. The molecule has 0 amide bonds. The summed E-state index contributed by atoms with van der Waals surface area (Å²) in [6.45, 7) is 5.06. The highest BCUT2D eigenvalue weighted by Gasteiger charge is 2.37. The largest absolute Gasteiger partial charge is 0.393 e. The van der Waals surface area contributed by atoms with Crippen LogP contribution in [0, 0.1) is 17.8 Å². The maximum atomic E-state index is 11.8. The van der Waals surface area contributed by atoms with E-state index < -0.39 is 35.7 Å². The van der Waals surface area contributed by atoms with Gasteiger partial charge in [-0.2, -0.15) is 0 Å². The summed E-state index contributed by atoms with van der Waals surface area (Å²) in [5, 5.41) is 0. The van der Waals surface area contributed by atoms with Crippen LogP contribution in [-0.4, -0.2) is 23.9 Å². The van der Waals surface area contributed by atoms with Crippen LogP contribution in [-0.2, 0) is 28.7 Å². The number of ether oxygens (including phenoxy) is 2. The fraction of sp³-hybridized carbons (Fsp3) is 0.714. The SMILES string of the molecule is CCC(=O)OC(=O)C(CC)CC1CC(C)C(=O)OC1=O. The summed E-state index contributed by atoms with van der Waals surface area (Å²) in [5.41, 5.74) is 0. The highest BCUT2D eigenvalue weighted by atomic mass is 16.6. The van der Waals surface area contributed by atoms with Gasteiger partial charge >= 0.3 is 23.9 Å². The van der Waals surface area contributed by atoms with Crippen LogP contribution in [0.25, 0.3) is 0 Å². The van der Waals surface area contributed by atoms with Gasteiger partial charge in [-0.1, -0.05) is 20.8 Å². The lowest BCUT2D eigenvalue weighted by Crippen LogP contribution is -2.36. The van der Waals surface area contributed by atoms with Crippen molar-refractivity contribution in [2.24, 2.45) is 17.8 Å². The minimum absolute atomic E-state index is 0.124. The van der Waals surface area contributed by atoms with E-state index in [2.05, 4.69) is 9.47 Å². The maximum Gasteiger partial charge on any atom is 0.316 e. The lowest BCUT2D eigenvalue weighted by molar-refractivity contribution is -0.172. The zero-order valence-corrected chi connectivity index (χ0v) is 12.0. The van der Waals surface area contributed by atoms with Crippen molar-refractivity contribution in [3.63, 3.8) is 0 Å². The van der Waals surface area contributed by atoms with Gasteiger partial charge in [0.2, 0.25) is 0 Å². The summed E-state index contributed by atoms with van der Waals surface area (Å²) in [6, 6.07) is 0. The van der Waals surface area contributed by atoms with E-state index in [1.165, 1.54) is 0 Å². The molecule has 6 nitrogen and oxygen atoms in total. The molecule has 1 saturated heterocycles. The van der Waals surface area contributed by atoms with Gasteiger partial charge in [-0.3, -0.25) is 19.2 Å². The third-order valence-corrected chi connectivity index (χ3v) is 3.47. The van der Waals surface area contributed by atoms with Crippen molar-refractivity contribution in [1.82, 2.24) is 0 Å². The molecule has 1 aliphatic heterocycles. The lowest BCUT2D eigenvalue weighted by atomic mass is 9.85. The van der Waals surface area contributed by atoms with Crippen LogP contribution in [0.2, 0.25) is 0 Å². The highest BCUT2D eigenvalue weighted by Crippen LogP contribution is 2.28. The Labute approximate surface area is 117 Å². The molecule has 0 bridgehead atoms. The van der Waals surface area contributed by atoms with Gasteiger partial charge in [0.15, 0.2) is 0 Å². The summed E-state index contributed by atoms with van der Waals surface area (Å²) < 4.78 is 9.32. The molecule has 1 rings (SSSR count). The van der Waals surface area contributed by atoms with Crippen molar-refractivity contribution < 1.29 is 28.7 Å². The fourth-order valence-corrected chi connectivity index (χ4v) is 2.14. The minimum atomic E-state index is -0.614. The first-order chi connectivity index (χ1) is 9.38. The summed E-state index contributed by atoms with van der Waals surface area (Å²) >= 11 is 0. The molecule has 0 aromatic rings. The van der Waals surface area contributed by atoms with Crippen LogP contribution in [0.15, 0.2) is 0 Å². The number of carbonyl (C=O) groups is 4. The van der Waals surface area contributed by atoms with Crippen LogP contribution >= 0.6 is 0 Å². The molecule has 0 N–H and O–H groups in total. The molecule has 112 valence electrons. The quantitative estimate of drug-likeness (QED) is 0.563. The molecule has 6 heteroatoms. The van der Waals surface area contributed by atoms with E-state index >= 15 is 0 Å². The Hall–Kier alpha value is -1.72. The predicted molar refractivity (Wildman–Crippen MR) is 68.2 cm³/mol. The van der Waals surface area contributed by atoms with Crippen LogP contribution in [0.5, 0.6) is 0 Å². The van der Waals surface area contributed by atoms with E-state index in [0.29, 0.717) is 12.8 Å². The van der Waals surface area contributed by atoms with Gasteiger partial charge in [0, 0.05) is 6.42 Å². The molecule has 0 radical (unpaired) electrons. The topological polar surface area (TPSA) is 86.7 Å². The third kappa shape index (κ3) is 4.15. The van der Waals surface area contributed by atoms with Gasteiger partial charge in [0.25, 0.3) is 0 Å². The zero-order valence-electron chi connectivity index (χ0n) is 12.0. The van der Waals surface area contributed by atoms with Crippen LogP contribution in [0.1, 0.15) is 46.5 Å². The second kappa shape index (κ2) is 7.17. The van der Waals surface area contributed by atoms with Crippen molar-refractivity contribution in [2.45, 2.75) is 46.5 Å². The Morgan fingerprint density at radius 3 is 2.50 bits per heavy atom.